The minimum Gasteiger partial charge on any atom is -0.493 e. The summed E-state index contributed by atoms with van der Waals surface area (Å²) in [7, 11) is 4.47. The van der Waals surface area contributed by atoms with Crippen LogP contribution in [0, 0.1) is 0 Å². The third kappa shape index (κ3) is 4.20. The van der Waals surface area contributed by atoms with Crippen LogP contribution in [0.4, 0.5) is 5.69 Å². The van der Waals surface area contributed by atoms with Crippen molar-refractivity contribution in [3.05, 3.63) is 47.5 Å². The molecule has 0 aromatic heterocycles. The SMILES string of the molecule is COc1cc(C(=O)NN=C(C)c2cccc(N)c2)cc(OC)c1OC. The zero-order chi connectivity index (χ0) is 18.4. The van der Waals surface area contributed by atoms with Crippen molar-refractivity contribution in [2.24, 2.45) is 5.10 Å². The molecule has 2 rings (SSSR count). The molecule has 0 aliphatic carbocycles. The number of nitrogen functional groups attached to an aromatic ring is 1. The Labute approximate surface area is 146 Å². The smallest absolute Gasteiger partial charge is 0.271 e. The van der Waals surface area contributed by atoms with Crippen LogP contribution in [0.15, 0.2) is 41.5 Å². The van der Waals surface area contributed by atoms with Crippen molar-refractivity contribution >= 4 is 17.3 Å². The number of carbonyl (C=O) groups is 1. The Hall–Kier alpha value is -3.22. The highest BCUT2D eigenvalue weighted by atomic mass is 16.5. The molecule has 0 atom stereocenters. The highest BCUT2D eigenvalue weighted by molar-refractivity contribution is 6.01. The molecular weight excluding hydrogens is 322 g/mol. The Morgan fingerprint density at radius 3 is 2.16 bits per heavy atom. The van der Waals surface area contributed by atoms with E-state index in [4.69, 9.17) is 19.9 Å². The summed E-state index contributed by atoms with van der Waals surface area (Å²) in [4.78, 5) is 12.4. The van der Waals surface area contributed by atoms with E-state index in [1.54, 1.807) is 31.2 Å². The molecule has 0 radical (unpaired) electrons. The summed E-state index contributed by atoms with van der Waals surface area (Å²) in [6.45, 7) is 1.78. The van der Waals surface area contributed by atoms with Crippen molar-refractivity contribution in [3.8, 4) is 17.2 Å². The van der Waals surface area contributed by atoms with Gasteiger partial charge in [-0.3, -0.25) is 4.79 Å². The van der Waals surface area contributed by atoms with Gasteiger partial charge in [-0.05, 0) is 36.8 Å². The van der Waals surface area contributed by atoms with E-state index in [0.717, 1.165) is 5.56 Å². The molecule has 0 unspecified atom stereocenters. The molecule has 1 amide bonds. The maximum absolute atomic E-state index is 12.4. The normalized spacial score (nSPS) is 11.0. The number of nitrogens with two attached hydrogens (primary N) is 1. The zero-order valence-corrected chi connectivity index (χ0v) is 14.6. The number of hydrogen-bond acceptors (Lipinski definition) is 6. The molecule has 0 aliphatic heterocycles. The van der Waals surface area contributed by atoms with Crippen LogP contribution < -0.4 is 25.4 Å². The molecule has 25 heavy (non-hydrogen) atoms. The summed E-state index contributed by atoms with van der Waals surface area (Å²) in [5.74, 6) is 0.801. The Bertz CT molecular complexity index is 778. The molecule has 0 aliphatic rings. The van der Waals surface area contributed by atoms with Gasteiger partial charge < -0.3 is 19.9 Å². The highest BCUT2D eigenvalue weighted by Gasteiger charge is 2.16. The maximum Gasteiger partial charge on any atom is 0.271 e. The first kappa shape index (κ1) is 18.1. The molecular formula is C18H21N3O4. The number of amides is 1. The van der Waals surface area contributed by atoms with E-state index in [9.17, 15) is 4.79 Å². The van der Waals surface area contributed by atoms with E-state index in [-0.39, 0.29) is 0 Å². The van der Waals surface area contributed by atoms with Gasteiger partial charge in [-0.1, -0.05) is 12.1 Å². The van der Waals surface area contributed by atoms with Crippen LogP contribution in [-0.4, -0.2) is 32.9 Å². The van der Waals surface area contributed by atoms with Crippen molar-refractivity contribution in [2.75, 3.05) is 27.1 Å². The topological polar surface area (TPSA) is 95.2 Å². The second-order valence-electron chi connectivity index (χ2n) is 5.18. The van der Waals surface area contributed by atoms with Crippen LogP contribution in [0.1, 0.15) is 22.8 Å². The Morgan fingerprint density at radius 2 is 1.64 bits per heavy atom. The largest absolute Gasteiger partial charge is 0.493 e. The highest BCUT2D eigenvalue weighted by Crippen LogP contribution is 2.38. The van der Waals surface area contributed by atoms with E-state index in [1.165, 1.54) is 21.3 Å². The fourth-order valence-electron chi connectivity index (χ4n) is 2.24. The third-order valence-corrected chi connectivity index (χ3v) is 3.56. The summed E-state index contributed by atoms with van der Waals surface area (Å²) in [5, 5.41) is 4.11. The summed E-state index contributed by atoms with van der Waals surface area (Å²) < 4.78 is 15.7. The fourth-order valence-corrected chi connectivity index (χ4v) is 2.24. The van der Waals surface area contributed by atoms with Crippen LogP contribution >= 0.6 is 0 Å². The summed E-state index contributed by atoms with van der Waals surface area (Å²) in [5.41, 5.74) is 10.7. The number of anilines is 1. The quantitative estimate of drug-likeness (QED) is 0.477. The fraction of sp³-hybridized carbons (Fsp3) is 0.222. The number of benzene rings is 2. The first-order valence-corrected chi connectivity index (χ1v) is 7.50. The van der Waals surface area contributed by atoms with Gasteiger partial charge >= 0.3 is 0 Å². The monoisotopic (exact) mass is 343 g/mol. The number of carbonyl (C=O) groups excluding carboxylic acids is 1. The predicted molar refractivity (Wildman–Crippen MR) is 96.6 cm³/mol. The number of rotatable bonds is 6. The second kappa shape index (κ2) is 8.05. The van der Waals surface area contributed by atoms with Gasteiger partial charge in [-0.25, -0.2) is 5.43 Å². The first-order chi connectivity index (χ1) is 12.0. The van der Waals surface area contributed by atoms with Gasteiger partial charge in [-0.15, -0.1) is 0 Å². The van der Waals surface area contributed by atoms with Gasteiger partial charge in [0.25, 0.3) is 5.91 Å². The minimum absolute atomic E-state index is 0.332. The van der Waals surface area contributed by atoms with E-state index < -0.39 is 5.91 Å². The summed E-state index contributed by atoms with van der Waals surface area (Å²) >= 11 is 0. The van der Waals surface area contributed by atoms with Gasteiger partial charge in [-0.2, -0.15) is 5.10 Å². The summed E-state index contributed by atoms with van der Waals surface area (Å²) in [6.07, 6.45) is 0. The third-order valence-electron chi connectivity index (χ3n) is 3.56. The molecule has 0 fully saturated rings. The predicted octanol–water partition coefficient (Wildman–Crippen LogP) is 2.45. The molecule has 0 heterocycles. The molecule has 0 saturated heterocycles. The lowest BCUT2D eigenvalue weighted by molar-refractivity contribution is 0.0954. The number of ether oxygens (including phenoxy) is 3. The number of nitrogens with one attached hydrogen (secondary N) is 1. The van der Waals surface area contributed by atoms with Gasteiger partial charge in [0.2, 0.25) is 5.75 Å². The van der Waals surface area contributed by atoms with E-state index in [1.807, 2.05) is 12.1 Å². The van der Waals surface area contributed by atoms with Crippen molar-refractivity contribution in [2.45, 2.75) is 6.92 Å². The van der Waals surface area contributed by atoms with Crippen molar-refractivity contribution in [1.29, 1.82) is 0 Å². The van der Waals surface area contributed by atoms with Gasteiger partial charge in [0.1, 0.15) is 0 Å². The Morgan fingerprint density at radius 1 is 1.00 bits per heavy atom. The minimum atomic E-state index is -0.400. The van der Waals surface area contributed by atoms with Crippen LogP contribution in [0.25, 0.3) is 0 Å². The average molecular weight is 343 g/mol. The molecule has 7 heteroatoms. The van der Waals surface area contributed by atoms with Crippen molar-refractivity contribution in [1.82, 2.24) is 5.43 Å². The molecule has 0 bridgehead atoms. The van der Waals surface area contributed by atoms with Crippen molar-refractivity contribution < 1.29 is 19.0 Å². The number of hydrogen-bond donors (Lipinski definition) is 2. The van der Waals surface area contributed by atoms with Crippen LogP contribution in [-0.2, 0) is 0 Å². The van der Waals surface area contributed by atoms with Gasteiger partial charge in [0.15, 0.2) is 11.5 Å². The van der Waals surface area contributed by atoms with Gasteiger partial charge in [0.05, 0.1) is 27.0 Å². The molecule has 2 aromatic carbocycles. The molecule has 0 saturated carbocycles. The number of hydrazone groups is 1. The lowest BCUT2D eigenvalue weighted by Gasteiger charge is -2.13. The summed E-state index contributed by atoms with van der Waals surface area (Å²) in [6, 6.07) is 10.4. The zero-order valence-electron chi connectivity index (χ0n) is 14.6. The Kier molecular flexibility index (Phi) is 5.84. The first-order valence-electron chi connectivity index (χ1n) is 7.50. The maximum atomic E-state index is 12.4. The molecule has 132 valence electrons. The second-order valence-corrected chi connectivity index (χ2v) is 5.18. The number of methoxy groups -OCH3 is 3. The van der Waals surface area contributed by atoms with Gasteiger partial charge in [0, 0.05) is 11.3 Å². The van der Waals surface area contributed by atoms with Crippen molar-refractivity contribution in [3.63, 3.8) is 0 Å². The average Bonchev–Trinajstić information content (AvgIpc) is 2.64. The molecule has 3 N–H and O–H groups in total. The van der Waals surface area contributed by atoms with Crippen LogP contribution in [0.5, 0.6) is 17.2 Å². The van der Waals surface area contributed by atoms with Crippen LogP contribution in [0.2, 0.25) is 0 Å². The molecule has 7 nitrogen and oxygen atoms in total. The lowest BCUT2D eigenvalue weighted by atomic mass is 10.1. The van der Waals surface area contributed by atoms with E-state index >= 15 is 0 Å². The van der Waals surface area contributed by atoms with Crippen LogP contribution in [0.3, 0.4) is 0 Å². The standard InChI is InChI=1S/C18H21N3O4/c1-11(12-6-5-7-14(19)8-12)20-21-18(22)13-9-15(23-2)17(25-4)16(10-13)24-3/h5-10H,19H2,1-4H3,(H,21,22). The van der Waals surface area contributed by atoms with E-state index in [2.05, 4.69) is 10.5 Å². The van der Waals surface area contributed by atoms with E-state index in [0.29, 0.717) is 34.2 Å². The molecule has 0 spiro atoms. The Balaban J connectivity index is 2.24. The lowest BCUT2D eigenvalue weighted by Crippen LogP contribution is -2.19. The number of nitrogens with zero attached hydrogens (tertiary/aromatic N) is 1. The molecule has 2 aromatic rings.